The molecule has 1 aromatic heterocycles. The lowest BCUT2D eigenvalue weighted by Gasteiger charge is -1.94. The van der Waals surface area contributed by atoms with Crippen molar-refractivity contribution in [3.63, 3.8) is 0 Å². The van der Waals surface area contributed by atoms with Crippen molar-refractivity contribution < 1.29 is 9.90 Å². The van der Waals surface area contributed by atoms with Crippen LogP contribution >= 0.6 is 11.8 Å². The van der Waals surface area contributed by atoms with Crippen molar-refractivity contribution in [2.75, 3.05) is 5.75 Å². The molecule has 1 aromatic carbocycles. The Morgan fingerprint density at radius 1 is 1.47 bits per heavy atom. The molecular weight excluding hydrogens is 264 g/mol. The van der Waals surface area contributed by atoms with E-state index in [9.17, 15) is 4.79 Å². The Labute approximate surface area is 113 Å². The molecule has 0 aliphatic carbocycles. The summed E-state index contributed by atoms with van der Waals surface area (Å²) in [4.78, 5) is 14.8. The van der Waals surface area contributed by atoms with E-state index in [1.54, 1.807) is 36.0 Å². The molecule has 96 valence electrons. The number of aromatic nitrogens is 3. The number of nitriles is 1. The standard InChI is InChI=1S/C12H10N4O2S/c1-16-12(19-7-10(17)18)14-11(15-16)9-4-2-8(6-13)3-5-9/h2-5H,7H2,1H3,(H,17,18). The van der Waals surface area contributed by atoms with Crippen molar-refractivity contribution in [3.05, 3.63) is 29.8 Å². The second-order valence-electron chi connectivity index (χ2n) is 3.71. The fraction of sp³-hybridized carbons (Fsp3) is 0.167. The fourth-order valence-electron chi connectivity index (χ4n) is 1.44. The highest BCUT2D eigenvalue weighted by Gasteiger charge is 2.11. The number of hydrogen-bond acceptors (Lipinski definition) is 5. The van der Waals surface area contributed by atoms with Crippen LogP contribution in [0.2, 0.25) is 0 Å². The van der Waals surface area contributed by atoms with Crippen LogP contribution in [-0.2, 0) is 11.8 Å². The van der Waals surface area contributed by atoms with Crippen LogP contribution in [0.25, 0.3) is 11.4 Å². The van der Waals surface area contributed by atoms with E-state index in [0.29, 0.717) is 16.5 Å². The second-order valence-corrected chi connectivity index (χ2v) is 4.66. The fourth-order valence-corrected chi connectivity index (χ4v) is 2.07. The van der Waals surface area contributed by atoms with Crippen molar-refractivity contribution in [2.45, 2.75) is 5.16 Å². The van der Waals surface area contributed by atoms with E-state index in [-0.39, 0.29) is 5.75 Å². The number of carbonyl (C=O) groups is 1. The number of hydrogen-bond donors (Lipinski definition) is 1. The highest BCUT2D eigenvalue weighted by molar-refractivity contribution is 7.99. The molecule has 0 aliphatic rings. The van der Waals surface area contributed by atoms with E-state index in [1.807, 2.05) is 6.07 Å². The smallest absolute Gasteiger partial charge is 0.313 e. The third kappa shape index (κ3) is 3.11. The molecule has 0 bridgehead atoms. The predicted octanol–water partition coefficient (Wildman–Crippen LogP) is 1.53. The second kappa shape index (κ2) is 5.54. The number of thioether (sulfide) groups is 1. The van der Waals surface area contributed by atoms with Gasteiger partial charge in [0.05, 0.1) is 17.4 Å². The van der Waals surface area contributed by atoms with Crippen molar-refractivity contribution in [3.8, 4) is 17.5 Å². The number of carboxylic acids is 1. The molecule has 6 nitrogen and oxygen atoms in total. The summed E-state index contributed by atoms with van der Waals surface area (Å²) in [6.07, 6.45) is 0. The molecule has 0 saturated carbocycles. The maximum atomic E-state index is 10.5. The van der Waals surface area contributed by atoms with E-state index in [4.69, 9.17) is 10.4 Å². The van der Waals surface area contributed by atoms with Gasteiger partial charge in [-0.05, 0) is 24.3 Å². The molecule has 0 saturated heterocycles. The summed E-state index contributed by atoms with van der Waals surface area (Å²) in [5.41, 5.74) is 1.36. The molecule has 19 heavy (non-hydrogen) atoms. The number of nitrogens with zero attached hydrogens (tertiary/aromatic N) is 4. The van der Waals surface area contributed by atoms with Crippen LogP contribution in [0.4, 0.5) is 0 Å². The normalized spacial score (nSPS) is 10.1. The molecule has 0 aliphatic heterocycles. The Balaban J connectivity index is 2.23. The van der Waals surface area contributed by atoms with Gasteiger partial charge in [-0.3, -0.25) is 4.79 Å². The van der Waals surface area contributed by atoms with Crippen LogP contribution in [0.1, 0.15) is 5.56 Å². The van der Waals surface area contributed by atoms with Gasteiger partial charge in [0.1, 0.15) is 0 Å². The third-order valence-corrected chi connectivity index (χ3v) is 3.33. The molecular formula is C12H10N4O2S. The first-order chi connectivity index (χ1) is 9.10. The summed E-state index contributed by atoms with van der Waals surface area (Å²) in [6.45, 7) is 0. The van der Waals surface area contributed by atoms with Gasteiger partial charge in [-0.2, -0.15) is 10.4 Å². The molecule has 0 atom stereocenters. The first-order valence-corrected chi connectivity index (χ1v) is 6.35. The van der Waals surface area contributed by atoms with Crippen molar-refractivity contribution in [1.29, 1.82) is 5.26 Å². The Morgan fingerprint density at radius 2 is 2.16 bits per heavy atom. The monoisotopic (exact) mass is 274 g/mol. The lowest BCUT2D eigenvalue weighted by molar-refractivity contribution is -0.133. The Kier molecular flexibility index (Phi) is 3.82. The first-order valence-electron chi connectivity index (χ1n) is 5.36. The van der Waals surface area contributed by atoms with Gasteiger partial charge in [-0.25, -0.2) is 9.67 Å². The zero-order chi connectivity index (χ0) is 13.8. The molecule has 7 heteroatoms. The minimum absolute atomic E-state index is 0.0562. The van der Waals surface area contributed by atoms with E-state index in [2.05, 4.69) is 10.1 Å². The summed E-state index contributed by atoms with van der Waals surface area (Å²) in [6, 6.07) is 8.95. The minimum atomic E-state index is -0.895. The van der Waals surface area contributed by atoms with E-state index in [0.717, 1.165) is 17.3 Å². The molecule has 2 rings (SSSR count). The third-order valence-electron chi connectivity index (χ3n) is 2.32. The van der Waals surface area contributed by atoms with Gasteiger partial charge in [0.15, 0.2) is 11.0 Å². The van der Waals surface area contributed by atoms with Gasteiger partial charge < -0.3 is 5.11 Å². The topological polar surface area (TPSA) is 91.8 Å². The molecule has 0 amide bonds. The maximum absolute atomic E-state index is 10.5. The highest BCUT2D eigenvalue weighted by Crippen LogP contribution is 2.21. The van der Waals surface area contributed by atoms with Crippen molar-refractivity contribution in [2.24, 2.45) is 7.05 Å². The SMILES string of the molecule is Cn1nc(-c2ccc(C#N)cc2)nc1SCC(=O)O. The maximum Gasteiger partial charge on any atom is 0.313 e. The summed E-state index contributed by atoms with van der Waals surface area (Å²) in [5.74, 6) is -0.438. The van der Waals surface area contributed by atoms with E-state index < -0.39 is 5.97 Å². The quantitative estimate of drug-likeness (QED) is 0.850. The van der Waals surface area contributed by atoms with Crippen molar-refractivity contribution >= 4 is 17.7 Å². The first kappa shape index (κ1) is 13.1. The number of benzene rings is 1. The molecule has 0 radical (unpaired) electrons. The van der Waals surface area contributed by atoms with Gasteiger partial charge in [0, 0.05) is 12.6 Å². The Bertz CT molecular complexity index is 643. The van der Waals surface area contributed by atoms with Gasteiger partial charge in [0.25, 0.3) is 0 Å². The van der Waals surface area contributed by atoms with Crippen LogP contribution in [0.15, 0.2) is 29.4 Å². The summed E-state index contributed by atoms with van der Waals surface area (Å²) < 4.78 is 1.54. The zero-order valence-corrected chi connectivity index (χ0v) is 10.9. The van der Waals surface area contributed by atoms with Gasteiger partial charge in [-0.1, -0.05) is 11.8 Å². The Morgan fingerprint density at radius 3 is 2.74 bits per heavy atom. The molecule has 0 fully saturated rings. The van der Waals surface area contributed by atoms with E-state index >= 15 is 0 Å². The molecule has 2 aromatic rings. The Hall–Kier alpha value is -2.33. The lowest BCUT2D eigenvalue weighted by Crippen LogP contribution is -2.00. The number of carboxylic acid groups (broad SMARTS) is 1. The minimum Gasteiger partial charge on any atom is -0.481 e. The number of aliphatic carboxylic acids is 1. The molecule has 0 unspecified atom stereocenters. The number of aryl methyl sites for hydroxylation is 1. The van der Waals surface area contributed by atoms with Crippen LogP contribution in [0, 0.1) is 11.3 Å². The van der Waals surface area contributed by atoms with Crippen molar-refractivity contribution in [1.82, 2.24) is 14.8 Å². The summed E-state index contributed by atoms with van der Waals surface area (Å²) >= 11 is 1.12. The largest absolute Gasteiger partial charge is 0.481 e. The van der Waals surface area contributed by atoms with Gasteiger partial charge in [0.2, 0.25) is 0 Å². The molecule has 1 N–H and O–H groups in total. The molecule has 1 heterocycles. The lowest BCUT2D eigenvalue weighted by atomic mass is 10.1. The number of rotatable bonds is 4. The highest BCUT2D eigenvalue weighted by atomic mass is 32.2. The summed E-state index contributed by atoms with van der Waals surface area (Å²) in [7, 11) is 1.71. The van der Waals surface area contributed by atoms with Crippen LogP contribution in [-0.4, -0.2) is 31.6 Å². The van der Waals surface area contributed by atoms with Crippen LogP contribution in [0.3, 0.4) is 0 Å². The predicted molar refractivity (Wildman–Crippen MR) is 69.5 cm³/mol. The van der Waals surface area contributed by atoms with E-state index in [1.165, 1.54) is 0 Å². The zero-order valence-electron chi connectivity index (χ0n) is 10.1. The molecule has 0 spiro atoms. The van der Waals surface area contributed by atoms with Crippen LogP contribution in [0.5, 0.6) is 0 Å². The average molecular weight is 274 g/mol. The van der Waals surface area contributed by atoms with Gasteiger partial charge in [-0.15, -0.1) is 0 Å². The average Bonchev–Trinajstić information content (AvgIpc) is 2.78. The van der Waals surface area contributed by atoms with Crippen LogP contribution < -0.4 is 0 Å². The van der Waals surface area contributed by atoms with Gasteiger partial charge >= 0.3 is 5.97 Å². The summed E-state index contributed by atoms with van der Waals surface area (Å²) in [5, 5.41) is 22.1.